The van der Waals surface area contributed by atoms with Crippen molar-refractivity contribution in [3.8, 4) is 0 Å². The smallest absolute Gasteiger partial charge is 0.320 e. The van der Waals surface area contributed by atoms with E-state index in [2.05, 4.69) is 6.58 Å². The molecular weight excluding hydrogens is 206 g/mol. The van der Waals surface area contributed by atoms with E-state index in [0.29, 0.717) is 13.2 Å². The standard InChI is InChI=1S/C12H21NO3/c1-3-8-13(9-12(15)16-4-2)10-6-5-7-11(10)14/h3,10-11,14H,1,4-9H2,2H3. The predicted octanol–water partition coefficient (Wildman–Crippen LogP) is 0.951. The fraction of sp³-hybridized carbons (Fsp3) is 0.750. The number of carbonyl (C=O) groups is 1. The van der Waals surface area contributed by atoms with Gasteiger partial charge in [0.2, 0.25) is 0 Å². The molecule has 1 aliphatic rings. The first kappa shape index (κ1) is 13.2. The summed E-state index contributed by atoms with van der Waals surface area (Å²) in [6, 6.07) is 0.0717. The molecule has 0 spiro atoms. The molecular formula is C12H21NO3. The van der Waals surface area contributed by atoms with Crippen molar-refractivity contribution >= 4 is 5.97 Å². The second-order valence-corrected chi connectivity index (χ2v) is 4.09. The maximum Gasteiger partial charge on any atom is 0.320 e. The van der Waals surface area contributed by atoms with Crippen molar-refractivity contribution in [2.24, 2.45) is 0 Å². The van der Waals surface area contributed by atoms with Gasteiger partial charge in [-0.1, -0.05) is 6.08 Å². The van der Waals surface area contributed by atoms with Crippen molar-refractivity contribution in [2.75, 3.05) is 19.7 Å². The van der Waals surface area contributed by atoms with E-state index < -0.39 is 0 Å². The zero-order valence-corrected chi connectivity index (χ0v) is 9.89. The van der Waals surface area contributed by atoms with Crippen LogP contribution in [0.5, 0.6) is 0 Å². The molecule has 0 aliphatic heterocycles. The second-order valence-electron chi connectivity index (χ2n) is 4.09. The molecule has 0 radical (unpaired) electrons. The van der Waals surface area contributed by atoms with Crippen LogP contribution >= 0.6 is 0 Å². The third-order valence-electron chi connectivity index (χ3n) is 2.91. The molecule has 1 N–H and O–H groups in total. The fourth-order valence-electron chi connectivity index (χ4n) is 2.20. The average molecular weight is 227 g/mol. The lowest BCUT2D eigenvalue weighted by molar-refractivity contribution is -0.145. The number of aliphatic hydroxyl groups is 1. The van der Waals surface area contributed by atoms with E-state index in [1.165, 1.54) is 0 Å². The van der Waals surface area contributed by atoms with E-state index in [-0.39, 0.29) is 24.7 Å². The zero-order valence-electron chi connectivity index (χ0n) is 9.89. The molecule has 0 saturated heterocycles. The largest absolute Gasteiger partial charge is 0.465 e. The molecule has 1 aliphatic carbocycles. The highest BCUT2D eigenvalue weighted by Gasteiger charge is 2.31. The topological polar surface area (TPSA) is 49.8 Å². The highest BCUT2D eigenvalue weighted by atomic mass is 16.5. The van der Waals surface area contributed by atoms with Crippen molar-refractivity contribution in [3.05, 3.63) is 12.7 Å². The van der Waals surface area contributed by atoms with E-state index in [0.717, 1.165) is 19.3 Å². The van der Waals surface area contributed by atoms with Gasteiger partial charge in [-0.15, -0.1) is 6.58 Å². The molecule has 0 aromatic heterocycles. The SMILES string of the molecule is C=CCN(CC(=O)OCC)C1CCCC1O. The monoisotopic (exact) mass is 227 g/mol. The maximum atomic E-state index is 11.4. The first-order chi connectivity index (χ1) is 7.69. The third-order valence-corrected chi connectivity index (χ3v) is 2.91. The fourth-order valence-corrected chi connectivity index (χ4v) is 2.20. The maximum absolute atomic E-state index is 11.4. The Morgan fingerprint density at radius 3 is 2.88 bits per heavy atom. The van der Waals surface area contributed by atoms with E-state index in [9.17, 15) is 9.90 Å². The number of aliphatic hydroxyl groups excluding tert-OH is 1. The van der Waals surface area contributed by atoms with Crippen molar-refractivity contribution in [2.45, 2.75) is 38.3 Å². The summed E-state index contributed by atoms with van der Waals surface area (Å²) in [6.45, 7) is 6.71. The average Bonchev–Trinajstić information content (AvgIpc) is 2.64. The lowest BCUT2D eigenvalue weighted by Crippen LogP contribution is -2.43. The van der Waals surface area contributed by atoms with Crippen LogP contribution in [0.25, 0.3) is 0 Å². The molecule has 0 aromatic carbocycles. The van der Waals surface area contributed by atoms with Gasteiger partial charge >= 0.3 is 5.97 Å². The minimum Gasteiger partial charge on any atom is -0.465 e. The Morgan fingerprint density at radius 2 is 2.38 bits per heavy atom. The van der Waals surface area contributed by atoms with Crippen LogP contribution in [0.2, 0.25) is 0 Å². The van der Waals surface area contributed by atoms with E-state index in [1.807, 2.05) is 4.90 Å². The number of esters is 1. The third kappa shape index (κ3) is 3.61. The number of rotatable bonds is 6. The zero-order chi connectivity index (χ0) is 12.0. The van der Waals surface area contributed by atoms with Crippen LogP contribution in [-0.4, -0.2) is 47.8 Å². The van der Waals surface area contributed by atoms with Gasteiger partial charge in [0, 0.05) is 12.6 Å². The minimum absolute atomic E-state index is 0.0717. The van der Waals surface area contributed by atoms with Gasteiger partial charge in [0.15, 0.2) is 0 Å². The minimum atomic E-state index is -0.325. The van der Waals surface area contributed by atoms with Gasteiger partial charge in [-0.2, -0.15) is 0 Å². The Hall–Kier alpha value is -0.870. The Kier molecular flexibility index (Phi) is 5.49. The van der Waals surface area contributed by atoms with Crippen molar-refractivity contribution < 1.29 is 14.6 Å². The molecule has 0 aromatic rings. The number of nitrogens with zero attached hydrogens (tertiary/aromatic N) is 1. The van der Waals surface area contributed by atoms with E-state index in [4.69, 9.17) is 4.74 Å². The molecule has 0 amide bonds. The van der Waals surface area contributed by atoms with Crippen LogP contribution in [0.3, 0.4) is 0 Å². The molecule has 1 fully saturated rings. The summed E-state index contributed by atoms with van der Waals surface area (Å²) in [4.78, 5) is 13.4. The van der Waals surface area contributed by atoms with Crippen molar-refractivity contribution in [1.29, 1.82) is 0 Å². The van der Waals surface area contributed by atoms with Gasteiger partial charge in [0.25, 0.3) is 0 Å². The van der Waals surface area contributed by atoms with Crippen LogP contribution in [0, 0.1) is 0 Å². The molecule has 0 heterocycles. The first-order valence-corrected chi connectivity index (χ1v) is 5.87. The summed E-state index contributed by atoms with van der Waals surface area (Å²) in [5.74, 6) is -0.233. The quantitative estimate of drug-likeness (QED) is 0.542. The van der Waals surface area contributed by atoms with Crippen LogP contribution < -0.4 is 0 Å². The first-order valence-electron chi connectivity index (χ1n) is 5.87. The van der Waals surface area contributed by atoms with Crippen LogP contribution in [-0.2, 0) is 9.53 Å². The highest BCUT2D eigenvalue weighted by Crippen LogP contribution is 2.24. The second kappa shape index (κ2) is 6.66. The Balaban J connectivity index is 2.52. The summed E-state index contributed by atoms with van der Waals surface area (Å²) in [6.07, 6.45) is 4.21. The number of ether oxygens (including phenoxy) is 1. The van der Waals surface area contributed by atoms with Gasteiger partial charge in [0.1, 0.15) is 0 Å². The van der Waals surface area contributed by atoms with Gasteiger partial charge in [-0.05, 0) is 26.2 Å². The molecule has 16 heavy (non-hydrogen) atoms. The summed E-state index contributed by atoms with van der Waals surface area (Å²) >= 11 is 0. The molecule has 1 saturated carbocycles. The molecule has 4 heteroatoms. The lowest BCUT2D eigenvalue weighted by Gasteiger charge is -2.28. The molecule has 92 valence electrons. The van der Waals surface area contributed by atoms with Crippen LogP contribution in [0.1, 0.15) is 26.2 Å². The summed E-state index contributed by atoms with van der Waals surface area (Å²) in [5, 5.41) is 9.80. The summed E-state index contributed by atoms with van der Waals surface area (Å²) < 4.78 is 4.92. The van der Waals surface area contributed by atoms with Gasteiger partial charge in [0.05, 0.1) is 19.3 Å². The van der Waals surface area contributed by atoms with Gasteiger partial charge in [-0.25, -0.2) is 0 Å². The molecule has 2 unspecified atom stereocenters. The number of hydrogen-bond donors (Lipinski definition) is 1. The lowest BCUT2D eigenvalue weighted by atomic mass is 10.2. The number of hydrogen-bond acceptors (Lipinski definition) is 4. The summed E-state index contributed by atoms with van der Waals surface area (Å²) in [5.41, 5.74) is 0. The summed E-state index contributed by atoms with van der Waals surface area (Å²) in [7, 11) is 0. The Labute approximate surface area is 96.9 Å². The number of carbonyl (C=O) groups excluding carboxylic acids is 1. The Morgan fingerprint density at radius 1 is 1.62 bits per heavy atom. The normalized spacial score (nSPS) is 24.7. The Bertz CT molecular complexity index is 242. The molecule has 1 rings (SSSR count). The molecule has 0 bridgehead atoms. The highest BCUT2D eigenvalue weighted by molar-refractivity contribution is 5.71. The molecule has 4 nitrogen and oxygen atoms in total. The van der Waals surface area contributed by atoms with Gasteiger partial charge < -0.3 is 9.84 Å². The predicted molar refractivity (Wildman–Crippen MR) is 62.0 cm³/mol. The van der Waals surface area contributed by atoms with Gasteiger partial charge in [-0.3, -0.25) is 9.69 Å². The van der Waals surface area contributed by atoms with Crippen molar-refractivity contribution in [1.82, 2.24) is 4.90 Å². The molecule has 2 atom stereocenters. The van der Waals surface area contributed by atoms with E-state index in [1.54, 1.807) is 13.0 Å². The van der Waals surface area contributed by atoms with Crippen molar-refractivity contribution in [3.63, 3.8) is 0 Å². The van der Waals surface area contributed by atoms with Crippen LogP contribution in [0.4, 0.5) is 0 Å². The van der Waals surface area contributed by atoms with Crippen LogP contribution in [0.15, 0.2) is 12.7 Å². The van der Waals surface area contributed by atoms with E-state index >= 15 is 0 Å².